The molecule has 0 saturated carbocycles. The van der Waals surface area contributed by atoms with Crippen LogP contribution >= 0.6 is 22.9 Å². The van der Waals surface area contributed by atoms with E-state index < -0.39 is 0 Å². The van der Waals surface area contributed by atoms with Gasteiger partial charge >= 0.3 is 0 Å². The second-order valence-electron chi connectivity index (χ2n) is 4.01. The topological polar surface area (TPSA) is 29.9 Å². The Balaban J connectivity index is 1.81. The number of thiophene rings is 1. The highest BCUT2D eigenvalue weighted by Gasteiger charge is 2.07. The molecule has 0 aliphatic rings. The van der Waals surface area contributed by atoms with Crippen LogP contribution < -0.4 is 5.32 Å². The van der Waals surface area contributed by atoms with Crippen molar-refractivity contribution in [3.05, 3.63) is 39.3 Å². The molecule has 0 aliphatic carbocycles. The number of aromatic nitrogens is 2. The first-order valence-corrected chi connectivity index (χ1v) is 6.82. The van der Waals surface area contributed by atoms with Gasteiger partial charge in [0.2, 0.25) is 0 Å². The molecule has 1 unspecified atom stereocenters. The lowest BCUT2D eigenvalue weighted by molar-refractivity contribution is 0.570. The van der Waals surface area contributed by atoms with Gasteiger partial charge in [0.25, 0.3) is 0 Å². The normalized spacial score (nSPS) is 12.9. The molecule has 2 heterocycles. The van der Waals surface area contributed by atoms with Crippen LogP contribution in [0.3, 0.4) is 0 Å². The Labute approximate surface area is 110 Å². The highest BCUT2D eigenvalue weighted by Crippen LogP contribution is 2.26. The summed E-state index contributed by atoms with van der Waals surface area (Å²) in [5.41, 5.74) is 1.24. The first-order valence-electron chi connectivity index (χ1n) is 5.62. The third-order valence-corrected chi connectivity index (χ3v) is 4.19. The zero-order chi connectivity index (χ0) is 12.3. The van der Waals surface area contributed by atoms with Crippen molar-refractivity contribution in [2.45, 2.75) is 19.4 Å². The molecule has 17 heavy (non-hydrogen) atoms. The Bertz CT molecular complexity index is 478. The van der Waals surface area contributed by atoms with Gasteiger partial charge in [-0.1, -0.05) is 11.6 Å². The molecule has 3 nitrogen and oxygen atoms in total. The Morgan fingerprint density at radius 2 is 2.29 bits per heavy atom. The van der Waals surface area contributed by atoms with Crippen LogP contribution in [-0.2, 0) is 13.5 Å². The van der Waals surface area contributed by atoms with Crippen molar-refractivity contribution in [3.63, 3.8) is 0 Å². The molecular weight excluding hydrogens is 254 g/mol. The summed E-state index contributed by atoms with van der Waals surface area (Å²) in [5, 5.41) is 7.64. The van der Waals surface area contributed by atoms with Crippen molar-refractivity contribution >= 4 is 22.9 Å². The largest absolute Gasteiger partial charge is 0.309 e. The molecule has 0 fully saturated rings. The highest BCUT2D eigenvalue weighted by molar-refractivity contribution is 7.16. The first kappa shape index (κ1) is 12.6. The van der Waals surface area contributed by atoms with Crippen molar-refractivity contribution in [3.8, 4) is 0 Å². The lowest BCUT2D eigenvalue weighted by Gasteiger charge is -2.11. The van der Waals surface area contributed by atoms with E-state index in [-0.39, 0.29) is 0 Å². The number of rotatable bonds is 5. The van der Waals surface area contributed by atoms with Crippen LogP contribution in [0.1, 0.15) is 23.5 Å². The van der Waals surface area contributed by atoms with Crippen molar-refractivity contribution < 1.29 is 0 Å². The van der Waals surface area contributed by atoms with Crippen LogP contribution in [0, 0.1) is 0 Å². The van der Waals surface area contributed by atoms with E-state index >= 15 is 0 Å². The molecule has 92 valence electrons. The minimum Gasteiger partial charge on any atom is -0.309 e. The molecule has 0 aliphatic heterocycles. The van der Waals surface area contributed by atoms with Gasteiger partial charge in [0, 0.05) is 42.8 Å². The Morgan fingerprint density at radius 3 is 2.88 bits per heavy atom. The third-order valence-electron chi connectivity index (χ3n) is 2.77. The molecule has 0 radical (unpaired) electrons. The average molecular weight is 270 g/mol. The fourth-order valence-corrected chi connectivity index (χ4v) is 2.81. The Hall–Kier alpha value is -0.840. The van der Waals surface area contributed by atoms with Crippen LogP contribution in [0.5, 0.6) is 0 Å². The maximum Gasteiger partial charge on any atom is 0.0931 e. The molecule has 5 heteroatoms. The SMILES string of the molecule is CC(NCCc1ccnn1C)c1ccc(Cl)s1. The summed E-state index contributed by atoms with van der Waals surface area (Å²) >= 11 is 7.55. The van der Waals surface area contributed by atoms with E-state index in [0.717, 1.165) is 17.3 Å². The zero-order valence-corrected chi connectivity index (χ0v) is 11.6. The van der Waals surface area contributed by atoms with E-state index in [1.165, 1.54) is 10.6 Å². The third kappa shape index (κ3) is 3.31. The number of nitrogens with one attached hydrogen (secondary N) is 1. The van der Waals surface area contributed by atoms with Gasteiger partial charge in [0.05, 0.1) is 4.34 Å². The van der Waals surface area contributed by atoms with E-state index in [1.54, 1.807) is 11.3 Å². The quantitative estimate of drug-likeness (QED) is 0.904. The molecule has 1 N–H and O–H groups in total. The van der Waals surface area contributed by atoms with E-state index in [9.17, 15) is 0 Å². The number of hydrogen-bond acceptors (Lipinski definition) is 3. The maximum atomic E-state index is 5.92. The standard InChI is InChI=1S/C12H16ClN3S/c1-9(11-3-4-12(13)17-11)14-7-5-10-6-8-15-16(10)2/h3-4,6,8-9,14H,5,7H2,1-2H3. The minimum absolute atomic E-state index is 0.348. The second kappa shape index (κ2) is 5.67. The fourth-order valence-electron chi connectivity index (χ4n) is 1.72. The monoisotopic (exact) mass is 269 g/mol. The van der Waals surface area contributed by atoms with Crippen LogP contribution in [0.15, 0.2) is 24.4 Å². The summed E-state index contributed by atoms with van der Waals surface area (Å²) in [6.07, 6.45) is 2.82. The average Bonchev–Trinajstić information content (AvgIpc) is 2.88. The van der Waals surface area contributed by atoms with Gasteiger partial charge in [-0.2, -0.15) is 5.10 Å². The van der Waals surface area contributed by atoms with Crippen LogP contribution in [0.2, 0.25) is 4.34 Å². The highest BCUT2D eigenvalue weighted by atomic mass is 35.5. The van der Waals surface area contributed by atoms with Gasteiger partial charge in [-0.25, -0.2) is 0 Å². The lowest BCUT2D eigenvalue weighted by Crippen LogP contribution is -2.21. The van der Waals surface area contributed by atoms with Crippen LogP contribution in [-0.4, -0.2) is 16.3 Å². The van der Waals surface area contributed by atoms with Crippen molar-refractivity contribution in [1.82, 2.24) is 15.1 Å². The Morgan fingerprint density at radius 1 is 1.47 bits per heavy atom. The fraction of sp³-hybridized carbons (Fsp3) is 0.417. The summed E-state index contributed by atoms with van der Waals surface area (Å²) in [6.45, 7) is 3.10. The van der Waals surface area contributed by atoms with Gasteiger partial charge in [-0.15, -0.1) is 11.3 Å². The molecule has 2 aromatic heterocycles. The van der Waals surface area contributed by atoms with E-state index in [1.807, 2.05) is 30.1 Å². The molecule has 2 aromatic rings. The van der Waals surface area contributed by atoms with Crippen molar-refractivity contribution in [1.29, 1.82) is 0 Å². The lowest BCUT2D eigenvalue weighted by atomic mass is 10.2. The van der Waals surface area contributed by atoms with E-state index in [4.69, 9.17) is 11.6 Å². The van der Waals surface area contributed by atoms with Gasteiger partial charge in [0.1, 0.15) is 0 Å². The van der Waals surface area contributed by atoms with Gasteiger partial charge in [-0.05, 0) is 25.1 Å². The second-order valence-corrected chi connectivity index (χ2v) is 5.76. The summed E-state index contributed by atoms with van der Waals surface area (Å²) in [7, 11) is 1.97. The van der Waals surface area contributed by atoms with Gasteiger partial charge < -0.3 is 5.32 Å². The predicted molar refractivity (Wildman–Crippen MR) is 72.7 cm³/mol. The minimum atomic E-state index is 0.348. The summed E-state index contributed by atoms with van der Waals surface area (Å²) < 4.78 is 2.76. The van der Waals surface area contributed by atoms with Crippen molar-refractivity contribution in [2.24, 2.45) is 7.05 Å². The van der Waals surface area contributed by atoms with Crippen molar-refractivity contribution in [2.75, 3.05) is 6.54 Å². The molecule has 2 rings (SSSR count). The summed E-state index contributed by atoms with van der Waals surface area (Å²) in [5.74, 6) is 0. The zero-order valence-electron chi connectivity index (χ0n) is 9.98. The van der Waals surface area contributed by atoms with Gasteiger partial charge in [0.15, 0.2) is 0 Å². The Kier molecular flexibility index (Phi) is 4.20. The maximum absolute atomic E-state index is 5.92. The predicted octanol–water partition coefficient (Wildman–Crippen LogP) is 3.03. The first-order chi connectivity index (χ1) is 8.16. The molecule has 1 atom stereocenters. The number of nitrogens with zero attached hydrogens (tertiary/aromatic N) is 2. The number of halogens is 1. The summed E-state index contributed by atoms with van der Waals surface area (Å²) in [4.78, 5) is 1.28. The molecular formula is C12H16ClN3S. The summed E-state index contributed by atoms with van der Waals surface area (Å²) in [6, 6.07) is 6.42. The molecule has 0 spiro atoms. The molecule has 0 saturated heterocycles. The van der Waals surface area contributed by atoms with Crippen LogP contribution in [0.4, 0.5) is 0 Å². The van der Waals surface area contributed by atoms with Crippen LogP contribution in [0.25, 0.3) is 0 Å². The molecule has 0 bridgehead atoms. The number of aryl methyl sites for hydroxylation is 1. The van der Waals surface area contributed by atoms with E-state index in [0.29, 0.717) is 6.04 Å². The van der Waals surface area contributed by atoms with Gasteiger partial charge in [-0.3, -0.25) is 4.68 Å². The number of hydrogen-bond donors (Lipinski definition) is 1. The van der Waals surface area contributed by atoms with E-state index in [2.05, 4.69) is 23.4 Å². The molecule has 0 amide bonds. The molecule has 0 aromatic carbocycles. The smallest absolute Gasteiger partial charge is 0.0931 e.